The van der Waals surface area contributed by atoms with Crippen molar-refractivity contribution in [3.8, 4) is 28.7 Å². The number of esters is 2. The van der Waals surface area contributed by atoms with Crippen LogP contribution in [0.4, 0.5) is 11.4 Å². The topological polar surface area (TPSA) is 151 Å². The first-order valence-corrected chi connectivity index (χ1v) is 16.4. The van der Waals surface area contributed by atoms with E-state index in [4.69, 9.17) is 28.4 Å². The number of nitrogens with one attached hydrogen (secondary N) is 2. The Morgan fingerprint density at radius 2 is 1.51 bits per heavy atom. The van der Waals surface area contributed by atoms with Gasteiger partial charge in [0.05, 0.1) is 38.2 Å². The molecule has 3 heterocycles. The average molecular weight is 671 g/mol. The Hall–Kier alpha value is -5.13. The summed E-state index contributed by atoms with van der Waals surface area (Å²) in [5.74, 6) is -0.798. The Balaban J connectivity index is 1.12. The summed E-state index contributed by atoms with van der Waals surface area (Å²) in [6.45, 7) is 6.01. The Morgan fingerprint density at radius 3 is 2.10 bits per heavy atom. The SMILES string of the molecule is COc1cc([C@@H]2c3cc4c(cc3[C@@H](Nc3ccc(NC(=O)C56CCC(C)(C(=O)O5)C6(C)C)cc3)[C@H]3COC(=O)[C@H]23)OCO4)cc(OC)c1O. The largest absolute Gasteiger partial charge is 0.502 e. The molecule has 1 saturated carbocycles. The normalized spacial score (nSPS) is 29.8. The number of carbonyl (C=O) groups is 3. The first-order valence-electron chi connectivity index (χ1n) is 16.4. The molecule has 3 aliphatic heterocycles. The van der Waals surface area contributed by atoms with Gasteiger partial charge >= 0.3 is 11.9 Å². The highest BCUT2D eigenvalue weighted by Gasteiger charge is 2.75. The highest BCUT2D eigenvalue weighted by Crippen LogP contribution is 2.66. The second-order valence-electron chi connectivity index (χ2n) is 14.2. The van der Waals surface area contributed by atoms with Gasteiger partial charge in [0.2, 0.25) is 12.5 Å². The number of methoxy groups -OCH3 is 2. The van der Waals surface area contributed by atoms with Crippen LogP contribution in [0.3, 0.4) is 0 Å². The smallest absolute Gasteiger partial charge is 0.313 e. The summed E-state index contributed by atoms with van der Waals surface area (Å²) in [5, 5.41) is 17.3. The number of anilines is 2. The number of hydrogen-bond donors (Lipinski definition) is 3. The van der Waals surface area contributed by atoms with Gasteiger partial charge in [-0.05, 0) is 85.0 Å². The molecule has 5 aliphatic rings. The molecule has 2 saturated heterocycles. The number of phenolic OH excluding ortho intramolecular Hbond substituents is 1. The van der Waals surface area contributed by atoms with Gasteiger partial charge in [-0.2, -0.15) is 0 Å². The van der Waals surface area contributed by atoms with E-state index in [2.05, 4.69) is 10.6 Å². The lowest BCUT2D eigenvalue weighted by Gasteiger charge is -2.40. The fourth-order valence-electron chi connectivity index (χ4n) is 8.65. The van der Waals surface area contributed by atoms with Gasteiger partial charge in [0.15, 0.2) is 28.6 Å². The van der Waals surface area contributed by atoms with E-state index in [1.54, 1.807) is 24.3 Å². The number of phenols is 1. The Morgan fingerprint density at radius 1 is 0.878 bits per heavy atom. The molecule has 0 radical (unpaired) electrons. The number of amides is 1. The Kier molecular flexibility index (Phi) is 6.79. The lowest BCUT2D eigenvalue weighted by molar-refractivity contribution is -0.165. The summed E-state index contributed by atoms with van der Waals surface area (Å²) in [6, 6.07) is 14.3. The summed E-state index contributed by atoms with van der Waals surface area (Å²) < 4.78 is 33.9. The predicted molar refractivity (Wildman–Crippen MR) is 175 cm³/mol. The second-order valence-corrected chi connectivity index (χ2v) is 14.2. The van der Waals surface area contributed by atoms with Crippen LogP contribution in [0, 0.1) is 22.7 Å². The van der Waals surface area contributed by atoms with Crippen LogP contribution in [0.2, 0.25) is 0 Å². The van der Waals surface area contributed by atoms with Gasteiger partial charge < -0.3 is 44.2 Å². The zero-order valence-electron chi connectivity index (χ0n) is 27.9. The van der Waals surface area contributed by atoms with E-state index in [-0.39, 0.29) is 60.5 Å². The Labute approximate surface area is 283 Å². The van der Waals surface area contributed by atoms with E-state index in [1.807, 2.05) is 45.0 Å². The number of hydrogen-bond acceptors (Lipinski definition) is 11. The molecule has 6 atom stereocenters. The number of rotatable bonds is 7. The van der Waals surface area contributed by atoms with Crippen molar-refractivity contribution in [2.45, 2.75) is 51.2 Å². The first-order chi connectivity index (χ1) is 23.4. The molecule has 12 heteroatoms. The van der Waals surface area contributed by atoms with Crippen molar-refractivity contribution in [2.24, 2.45) is 22.7 Å². The van der Waals surface area contributed by atoms with E-state index in [0.29, 0.717) is 30.0 Å². The lowest BCUT2D eigenvalue weighted by Crippen LogP contribution is -2.50. The molecule has 1 amide bonds. The number of ether oxygens (including phenoxy) is 6. The van der Waals surface area contributed by atoms with Crippen LogP contribution >= 0.6 is 0 Å². The number of benzene rings is 3. The molecule has 3 aromatic rings. The van der Waals surface area contributed by atoms with Crippen LogP contribution in [0.25, 0.3) is 0 Å². The minimum atomic E-state index is -1.22. The van der Waals surface area contributed by atoms with Gasteiger partial charge in [-0.3, -0.25) is 14.4 Å². The third-order valence-electron chi connectivity index (χ3n) is 12.0. The highest BCUT2D eigenvalue weighted by atomic mass is 16.7. The van der Waals surface area contributed by atoms with E-state index in [1.165, 1.54) is 14.2 Å². The zero-order chi connectivity index (χ0) is 34.5. The molecule has 256 valence electrons. The van der Waals surface area contributed by atoms with Crippen molar-refractivity contribution in [1.29, 1.82) is 0 Å². The number of cyclic esters (lactones) is 1. The molecular weight excluding hydrogens is 632 g/mol. The molecule has 2 unspecified atom stereocenters. The summed E-state index contributed by atoms with van der Waals surface area (Å²) in [6.07, 6.45) is 1.07. The summed E-state index contributed by atoms with van der Waals surface area (Å²) >= 11 is 0. The maximum absolute atomic E-state index is 13.6. The van der Waals surface area contributed by atoms with Gasteiger partial charge in [-0.15, -0.1) is 0 Å². The van der Waals surface area contributed by atoms with E-state index >= 15 is 0 Å². The Bertz CT molecular complexity index is 1880. The van der Waals surface area contributed by atoms with Crippen LogP contribution in [0.15, 0.2) is 48.5 Å². The minimum absolute atomic E-state index is 0.0842. The second kappa shape index (κ2) is 10.7. The van der Waals surface area contributed by atoms with Crippen LogP contribution in [0.5, 0.6) is 28.7 Å². The van der Waals surface area contributed by atoms with Crippen LogP contribution in [-0.4, -0.2) is 56.2 Å². The fraction of sp³-hybridized carbons (Fsp3) is 0.432. The van der Waals surface area contributed by atoms with E-state index < -0.39 is 28.3 Å². The van der Waals surface area contributed by atoms with Crippen molar-refractivity contribution in [3.05, 3.63) is 65.2 Å². The molecule has 2 aliphatic carbocycles. The molecule has 3 N–H and O–H groups in total. The third-order valence-corrected chi connectivity index (χ3v) is 12.0. The number of carbonyl (C=O) groups excluding carboxylic acids is 3. The van der Waals surface area contributed by atoms with Gasteiger partial charge in [0.1, 0.15) is 0 Å². The van der Waals surface area contributed by atoms with Gasteiger partial charge in [-0.25, -0.2) is 0 Å². The van der Waals surface area contributed by atoms with Crippen molar-refractivity contribution >= 4 is 29.2 Å². The van der Waals surface area contributed by atoms with Crippen molar-refractivity contribution < 1.29 is 47.9 Å². The van der Waals surface area contributed by atoms with E-state index in [0.717, 1.165) is 22.4 Å². The summed E-state index contributed by atoms with van der Waals surface area (Å²) in [5.41, 5.74) is 1.22. The monoisotopic (exact) mass is 670 g/mol. The third kappa shape index (κ3) is 4.25. The first kappa shape index (κ1) is 31.2. The zero-order valence-corrected chi connectivity index (χ0v) is 27.9. The van der Waals surface area contributed by atoms with Crippen LogP contribution < -0.4 is 29.6 Å². The molecule has 0 spiro atoms. The molecule has 3 aromatic carbocycles. The lowest BCUT2D eigenvalue weighted by atomic mass is 9.65. The molecule has 12 nitrogen and oxygen atoms in total. The van der Waals surface area contributed by atoms with Crippen molar-refractivity contribution in [3.63, 3.8) is 0 Å². The number of fused-ring (bicyclic) bond motifs is 5. The fourth-order valence-corrected chi connectivity index (χ4v) is 8.65. The van der Waals surface area contributed by atoms with Gasteiger partial charge in [0.25, 0.3) is 5.91 Å². The minimum Gasteiger partial charge on any atom is -0.502 e. The summed E-state index contributed by atoms with van der Waals surface area (Å²) in [4.78, 5) is 39.9. The highest BCUT2D eigenvalue weighted by molar-refractivity contribution is 6.03. The predicted octanol–water partition coefficient (Wildman–Crippen LogP) is 5.29. The molecule has 8 rings (SSSR count). The van der Waals surface area contributed by atoms with Crippen LogP contribution in [-0.2, 0) is 23.9 Å². The van der Waals surface area contributed by atoms with Gasteiger partial charge in [-0.1, -0.05) is 13.8 Å². The maximum Gasteiger partial charge on any atom is 0.313 e. The maximum atomic E-state index is 13.6. The molecule has 0 aromatic heterocycles. The quantitative estimate of drug-likeness (QED) is 0.282. The molecule has 3 fully saturated rings. The van der Waals surface area contributed by atoms with E-state index in [9.17, 15) is 19.5 Å². The summed E-state index contributed by atoms with van der Waals surface area (Å²) in [7, 11) is 2.92. The van der Waals surface area contributed by atoms with Crippen LogP contribution in [0.1, 0.15) is 62.3 Å². The molecule has 49 heavy (non-hydrogen) atoms. The van der Waals surface area contributed by atoms with Crippen molar-refractivity contribution in [2.75, 3.05) is 38.3 Å². The molecule has 2 bridgehead atoms. The van der Waals surface area contributed by atoms with Crippen molar-refractivity contribution in [1.82, 2.24) is 0 Å². The van der Waals surface area contributed by atoms with Gasteiger partial charge in [0, 0.05) is 28.6 Å². The standard InChI is InChI=1S/C37H38N2O10/c1-35(2)36(3)10-11-37(35,49-34(36)43)33(42)39-20-8-6-19(7-9-20)38-30-22-15-25-24(47-17-48-25)14-21(22)28(29-23(30)16-46-32(29)41)18-12-26(44-4)31(40)27(13-18)45-5/h6-9,12-15,23,28-30,38,40H,10-11,16-17H2,1-5H3,(H,39,42)/t23-,28+,29-,30+,36?,37?/m0/s1. The average Bonchev–Trinajstić information content (AvgIpc) is 3.79. The molecular formula is C37H38N2O10. The number of aromatic hydroxyl groups is 1.